The number of carbonyl (C=O) groups is 1. The summed E-state index contributed by atoms with van der Waals surface area (Å²) in [6, 6.07) is 26.4. The lowest BCUT2D eigenvalue weighted by molar-refractivity contribution is -0.114. The number of rotatable bonds is 11. The van der Waals surface area contributed by atoms with Crippen molar-refractivity contribution in [1.29, 1.82) is 0 Å². The van der Waals surface area contributed by atoms with Gasteiger partial charge in [-0.05, 0) is 78.7 Å². The molecule has 0 bridgehead atoms. The number of sulfonamides is 2. The van der Waals surface area contributed by atoms with Crippen molar-refractivity contribution in [3.8, 4) is 5.75 Å². The number of amides is 1. The smallest absolute Gasteiger partial charge is 0.261 e. The number of nitrogens with one attached hydrogen (secondary N) is 2. The normalized spacial score (nSPS) is 11.5. The first-order valence-corrected chi connectivity index (χ1v) is 16.0. The van der Waals surface area contributed by atoms with Crippen LogP contribution in [0.2, 0.25) is 5.02 Å². The Morgan fingerprint density at radius 1 is 0.878 bits per heavy atom. The fraction of sp³-hybridized carbons (Fsp3) is 0.138. The number of carbonyl (C=O) groups excluding carboxylic acids is 1. The van der Waals surface area contributed by atoms with Crippen molar-refractivity contribution in [3.63, 3.8) is 0 Å². The van der Waals surface area contributed by atoms with Crippen LogP contribution < -0.4 is 19.1 Å². The average molecular weight is 614 g/mol. The van der Waals surface area contributed by atoms with Crippen LogP contribution in [-0.4, -0.2) is 35.5 Å². The zero-order valence-electron chi connectivity index (χ0n) is 22.2. The predicted molar refractivity (Wildman–Crippen MR) is 161 cm³/mol. The van der Waals surface area contributed by atoms with E-state index in [-0.39, 0.29) is 4.90 Å². The number of halogens is 1. The third-order valence-corrected chi connectivity index (χ3v) is 8.71. The van der Waals surface area contributed by atoms with Crippen molar-refractivity contribution < 1.29 is 26.4 Å². The van der Waals surface area contributed by atoms with Crippen molar-refractivity contribution in [3.05, 3.63) is 113 Å². The number of hydrogen-bond acceptors (Lipinski definition) is 6. The van der Waals surface area contributed by atoms with E-state index < -0.39 is 32.5 Å². The van der Waals surface area contributed by atoms with Gasteiger partial charge in [-0.1, -0.05) is 48.0 Å². The molecule has 41 heavy (non-hydrogen) atoms. The summed E-state index contributed by atoms with van der Waals surface area (Å²) in [6.45, 7) is 1.62. The van der Waals surface area contributed by atoms with Gasteiger partial charge >= 0.3 is 0 Å². The van der Waals surface area contributed by atoms with Gasteiger partial charge in [-0.25, -0.2) is 16.8 Å². The van der Waals surface area contributed by atoms with Crippen LogP contribution >= 0.6 is 11.6 Å². The van der Waals surface area contributed by atoms with E-state index in [2.05, 4.69) is 10.0 Å². The highest BCUT2D eigenvalue weighted by Gasteiger charge is 2.22. The third kappa shape index (κ3) is 8.23. The number of hydrogen-bond donors (Lipinski definition) is 2. The van der Waals surface area contributed by atoms with Gasteiger partial charge in [0.05, 0.1) is 22.5 Å². The number of ether oxygens (including phenoxy) is 1. The van der Waals surface area contributed by atoms with Gasteiger partial charge in [-0.15, -0.1) is 0 Å². The molecule has 0 atom stereocenters. The maximum atomic E-state index is 12.8. The summed E-state index contributed by atoms with van der Waals surface area (Å²) < 4.78 is 59.9. The Kier molecular flexibility index (Phi) is 9.21. The second kappa shape index (κ2) is 12.6. The Balaban J connectivity index is 1.40. The Bertz CT molecular complexity index is 1730. The van der Waals surface area contributed by atoms with Crippen molar-refractivity contribution in [2.45, 2.75) is 18.4 Å². The first kappa shape index (κ1) is 29.9. The highest BCUT2D eigenvalue weighted by atomic mass is 35.5. The topological polar surface area (TPSA) is 122 Å². The summed E-state index contributed by atoms with van der Waals surface area (Å²) in [7, 11) is -7.72. The monoisotopic (exact) mass is 613 g/mol. The molecule has 4 aromatic carbocycles. The van der Waals surface area contributed by atoms with Gasteiger partial charge in [0, 0.05) is 10.7 Å². The lowest BCUT2D eigenvalue weighted by Gasteiger charge is -2.22. The molecule has 2 N–H and O–H groups in total. The van der Waals surface area contributed by atoms with E-state index in [1.165, 1.54) is 30.3 Å². The molecule has 0 heterocycles. The second-order valence-electron chi connectivity index (χ2n) is 9.18. The Hall–Kier alpha value is -4.06. The molecule has 0 saturated heterocycles. The van der Waals surface area contributed by atoms with Gasteiger partial charge < -0.3 is 10.1 Å². The van der Waals surface area contributed by atoms with E-state index in [0.717, 1.165) is 16.1 Å². The summed E-state index contributed by atoms with van der Waals surface area (Å²) in [5.41, 5.74) is 2.63. The first-order chi connectivity index (χ1) is 19.4. The van der Waals surface area contributed by atoms with Crippen LogP contribution in [0.5, 0.6) is 5.75 Å². The second-order valence-corrected chi connectivity index (χ2v) is 13.2. The van der Waals surface area contributed by atoms with Gasteiger partial charge in [0.1, 0.15) is 18.9 Å². The molecular weight excluding hydrogens is 586 g/mol. The molecule has 4 aromatic rings. The zero-order chi connectivity index (χ0) is 29.6. The van der Waals surface area contributed by atoms with Crippen molar-refractivity contribution >= 4 is 54.6 Å². The Labute approximate surface area is 244 Å². The van der Waals surface area contributed by atoms with E-state index in [1.807, 2.05) is 30.3 Å². The highest BCUT2D eigenvalue weighted by molar-refractivity contribution is 7.92. The SMILES string of the molecule is Cc1ccc(Cl)cc1NS(=O)(=O)c1ccc(NC(=O)CN(c2ccc(OCc3ccccc3)cc2)S(C)(=O)=O)cc1. The maximum Gasteiger partial charge on any atom is 0.261 e. The van der Waals surface area contributed by atoms with Crippen LogP contribution in [0.25, 0.3) is 0 Å². The summed E-state index contributed by atoms with van der Waals surface area (Å²) in [5.74, 6) is -0.0614. The third-order valence-electron chi connectivity index (χ3n) is 5.95. The van der Waals surface area contributed by atoms with Crippen molar-refractivity contribution in [2.24, 2.45) is 0 Å². The minimum Gasteiger partial charge on any atom is -0.489 e. The van der Waals surface area contributed by atoms with Crippen LogP contribution in [0.4, 0.5) is 17.1 Å². The summed E-state index contributed by atoms with van der Waals surface area (Å²) in [4.78, 5) is 12.8. The van der Waals surface area contributed by atoms with Crippen molar-refractivity contribution in [1.82, 2.24) is 0 Å². The van der Waals surface area contributed by atoms with Crippen LogP contribution in [0, 0.1) is 6.92 Å². The molecule has 12 heteroatoms. The molecule has 0 unspecified atom stereocenters. The van der Waals surface area contributed by atoms with Crippen LogP contribution in [-0.2, 0) is 31.4 Å². The predicted octanol–water partition coefficient (Wildman–Crippen LogP) is 5.43. The van der Waals surface area contributed by atoms with Gasteiger partial charge in [0.25, 0.3) is 10.0 Å². The molecule has 0 fully saturated rings. The van der Waals surface area contributed by atoms with Crippen LogP contribution in [0.15, 0.2) is 102 Å². The molecule has 9 nitrogen and oxygen atoms in total. The molecule has 0 saturated carbocycles. The number of aryl methyl sites for hydroxylation is 1. The molecule has 0 spiro atoms. The van der Waals surface area contributed by atoms with Crippen LogP contribution in [0.3, 0.4) is 0 Å². The van der Waals surface area contributed by atoms with Gasteiger partial charge in [0.2, 0.25) is 15.9 Å². The van der Waals surface area contributed by atoms with Gasteiger partial charge in [-0.3, -0.25) is 13.8 Å². The molecule has 214 valence electrons. The number of benzene rings is 4. The quantitative estimate of drug-likeness (QED) is 0.233. The Morgan fingerprint density at radius 2 is 1.54 bits per heavy atom. The molecule has 0 radical (unpaired) electrons. The Morgan fingerprint density at radius 3 is 2.17 bits per heavy atom. The summed E-state index contributed by atoms with van der Waals surface area (Å²) >= 11 is 5.98. The van der Waals surface area contributed by atoms with Crippen LogP contribution in [0.1, 0.15) is 11.1 Å². The molecule has 0 aromatic heterocycles. The van der Waals surface area contributed by atoms with E-state index >= 15 is 0 Å². The van der Waals surface area contributed by atoms with E-state index in [9.17, 15) is 21.6 Å². The zero-order valence-corrected chi connectivity index (χ0v) is 24.6. The lowest BCUT2D eigenvalue weighted by Crippen LogP contribution is -2.37. The highest BCUT2D eigenvalue weighted by Crippen LogP contribution is 2.25. The number of anilines is 3. The van der Waals surface area contributed by atoms with Gasteiger partial charge in [0.15, 0.2) is 0 Å². The first-order valence-electron chi connectivity index (χ1n) is 12.3. The molecule has 0 aliphatic rings. The van der Waals surface area contributed by atoms with E-state index in [4.69, 9.17) is 16.3 Å². The largest absolute Gasteiger partial charge is 0.489 e. The fourth-order valence-electron chi connectivity index (χ4n) is 3.81. The molecule has 0 aliphatic carbocycles. The lowest BCUT2D eigenvalue weighted by atomic mass is 10.2. The molecule has 1 amide bonds. The number of nitrogens with zero attached hydrogens (tertiary/aromatic N) is 1. The molecule has 4 rings (SSSR count). The van der Waals surface area contributed by atoms with Crippen molar-refractivity contribution in [2.75, 3.05) is 27.1 Å². The average Bonchev–Trinajstić information content (AvgIpc) is 2.93. The summed E-state index contributed by atoms with van der Waals surface area (Å²) in [6.07, 6.45) is 1.01. The maximum absolute atomic E-state index is 12.8. The van der Waals surface area contributed by atoms with E-state index in [0.29, 0.717) is 40.0 Å². The standard InChI is InChI=1S/C29H28ClN3O6S2/c1-21-8-9-23(30)18-28(21)32-41(37,38)27-16-10-24(11-17-27)31-29(34)19-33(40(2,35)36)25-12-14-26(15-13-25)39-20-22-6-4-3-5-7-22/h3-18,32H,19-20H2,1-2H3,(H,31,34). The van der Waals surface area contributed by atoms with Gasteiger partial charge in [-0.2, -0.15) is 0 Å². The fourth-order valence-corrected chi connectivity index (χ4v) is 5.96. The summed E-state index contributed by atoms with van der Waals surface area (Å²) in [5, 5.41) is 3.00. The minimum atomic E-state index is -3.92. The molecular formula is C29H28ClN3O6S2. The molecule has 0 aliphatic heterocycles. The minimum absolute atomic E-state index is 0.0257. The van der Waals surface area contributed by atoms with E-state index in [1.54, 1.807) is 43.3 Å².